The molecule has 0 amide bonds. The molecule has 0 atom stereocenters. The minimum Gasteiger partial charge on any atom is -0.143 e. The summed E-state index contributed by atoms with van der Waals surface area (Å²) in [5, 5.41) is 2.21. The van der Waals surface area contributed by atoms with E-state index in [4.69, 9.17) is 0 Å². The summed E-state index contributed by atoms with van der Waals surface area (Å²) in [5.41, 5.74) is 1.63. The Morgan fingerprint density at radius 2 is 1.80 bits per heavy atom. The Kier molecular flexibility index (Phi) is 2.73. The molecule has 0 radical (unpaired) electrons. The van der Waals surface area contributed by atoms with Gasteiger partial charge in [0.1, 0.15) is 0 Å². The Bertz CT molecular complexity index is 455. The van der Waals surface area contributed by atoms with Gasteiger partial charge in [-0.05, 0) is 41.5 Å². The van der Waals surface area contributed by atoms with E-state index in [2.05, 4.69) is 51.3 Å². The Balaban J connectivity index is 2.36. The van der Waals surface area contributed by atoms with Crippen LogP contribution in [0.2, 0.25) is 0 Å². The van der Waals surface area contributed by atoms with Crippen LogP contribution in [0.15, 0.2) is 23.6 Å². The Morgan fingerprint density at radius 1 is 1.07 bits per heavy atom. The summed E-state index contributed by atoms with van der Waals surface area (Å²) in [6.45, 7) is 8.95. The molecule has 2 aromatic heterocycles. The van der Waals surface area contributed by atoms with Gasteiger partial charge < -0.3 is 0 Å². The molecule has 2 heterocycles. The average molecular weight is 236 g/mol. The maximum atomic E-state index is 2.27. The van der Waals surface area contributed by atoms with Crippen LogP contribution in [0.1, 0.15) is 31.2 Å². The van der Waals surface area contributed by atoms with Gasteiger partial charge in [0, 0.05) is 14.6 Å². The van der Waals surface area contributed by atoms with Crippen molar-refractivity contribution in [1.29, 1.82) is 0 Å². The van der Waals surface area contributed by atoms with E-state index >= 15 is 0 Å². The van der Waals surface area contributed by atoms with Gasteiger partial charge >= 0.3 is 0 Å². The van der Waals surface area contributed by atoms with E-state index < -0.39 is 0 Å². The molecule has 0 aliphatic carbocycles. The third-order valence-corrected chi connectivity index (χ3v) is 5.07. The van der Waals surface area contributed by atoms with Gasteiger partial charge in [0.2, 0.25) is 0 Å². The summed E-state index contributed by atoms with van der Waals surface area (Å²) in [7, 11) is 0. The first-order valence-corrected chi connectivity index (χ1v) is 6.82. The first-order valence-electron chi connectivity index (χ1n) is 5.12. The molecule has 0 aromatic carbocycles. The SMILES string of the molecule is Cc1csc(-c2ccc(C(C)(C)C)s2)c1. The summed E-state index contributed by atoms with van der Waals surface area (Å²) in [6, 6.07) is 6.77. The van der Waals surface area contributed by atoms with Crippen LogP contribution in [0.3, 0.4) is 0 Å². The molecule has 2 rings (SSSR count). The van der Waals surface area contributed by atoms with Gasteiger partial charge in [-0.15, -0.1) is 22.7 Å². The first kappa shape index (κ1) is 10.9. The molecule has 15 heavy (non-hydrogen) atoms. The monoisotopic (exact) mass is 236 g/mol. The van der Waals surface area contributed by atoms with Crippen molar-refractivity contribution in [2.24, 2.45) is 0 Å². The van der Waals surface area contributed by atoms with Gasteiger partial charge in [0.05, 0.1) is 0 Å². The lowest BCUT2D eigenvalue weighted by Crippen LogP contribution is -2.07. The zero-order valence-electron chi connectivity index (χ0n) is 9.63. The van der Waals surface area contributed by atoms with Crippen LogP contribution in [-0.2, 0) is 5.41 Å². The van der Waals surface area contributed by atoms with Crippen molar-refractivity contribution in [2.75, 3.05) is 0 Å². The maximum absolute atomic E-state index is 2.27. The second kappa shape index (κ2) is 3.76. The highest BCUT2D eigenvalue weighted by Gasteiger charge is 2.16. The highest BCUT2D eigenvalue weighted by atomic mass is 32.1. The quantitative estimate of drug-likeness (QED) is 0.647. The van der Waals surface area contributed by atoms with E-state index in [9.17, 15) is 0 Å². The van der Waals surface area contributed by atoms with Gasteiger partial charge in [-0.2, -0.15) is 0 Å². The average Bonchev–Trinajstić information content (AvgIpc) is 2.69. The zero-order chi connectivity index (χ0) is 11.1. The van der Waals surface area contributed by atoms with E-state index in [1.165, 1.54) is 20.2 Å². The zero-order valence-corrected chi connectivity index (χ0v) is 11.3. The highest BCUT2D eigenvalue weighted by Crippen LogP contribution is 2.37. The lowest BCUT2D eigenvalue weighted by Gasteiger charge is -2.15. The van der Waals surface area contributed by atoms with Crippen LogP contribution >= 0.6 is 22.7 Å². The van der Waals surface area contributed by atoms with Crippen LogP contribution in [0.25, 0.3) is 9.75 Å². The third-order valence-electron chi connectivity index (χ3n) is 2.32. The van der Waals surface area contributed by atoms with Crippen molar-refractivity contribution >= 4 is 22.7 Å². The molecular formula is C13H16S2. The molecule has 0 fully saturated rings. The molecule has 0 spiro atoms. The van der Waals surface area contributed by atoms with Crippen LogP contribution in [-0.4, -0.2) is 0 Å². The van der Waals surface area contributed by atoms with Crippen LogP contribution in [0, 0.1) is 6.92 Å². The van der Waals surface area contributed by atoms with Gasteiger partial charge in [-0.3, -0.25) is 0 Å². The second-order valence-corrected chi connectivity index (χ2v) is 6.90. The smallest absolute Gasteiger partial charge is 0.0445 e. The molecule has 2 heteroatoms. The summed E-state index contributed by atoms with van der Waals surface area (Å²) < 4.78 is 0. The molecule has 0 saturated carbocycles. The van der Waals surface area contributed by atoms with Crippen molar-refractivity contribution in [2.45, 2.75) is 33.1 Å². The van der Waals surface area contributed by atoms with Crippen molar-refractivity contribution < 1.29 is 0 Å². The summed E-state index contributed by atoms with van der Waals surface area (Å²) in [6.07, 6.45) is 0. The van der Waals surface area contributed by atoms with Gasteiger partial charge in [0.25, 0.3) is 0 Å². The van der Waals surface area contributed by atoms with Crippen molar-refractivity contribution in [1.82, 2.24) is 0 Å². The molecule has 2 aromatic rings. The number of hydrogen-bond acceptors (Lipinski definition) is 2. The van der Waals surface area contributed by atoms with E-state index in [1.807, 2.05) is 22.7 Å². The highest BCUT2D eigenvalue weighted by molar-refractivity contribution is 7.21. The largest absolute Gasteiger partial charge is 0.143 e. The van der Waals surface area contributed by atoms with E-state index in [-0.39, 0.29) is 5.41 Å². The number of rotatable bonds is 1. The Hall–Kier alpha value is -0.600. The number of aryl methyl sites for hydroxylation is 1. The van der Waals surface area contributed by atoms with E-state index in [0.717, 1.165) is 0 Å². The van der Waals surface area contributed by atoms with Gasteiger partial charge in [0.15, 0.2) is 0 Å². The van der Waals surface area contributed by atoms with Gasteiger partial charge in [-0.1, -0.05) is 20.8 Å². The molecule has 0 unspecified atom stereocenters. The first-order chi connectivity index (χ1) is 6.97. The third kappa shape index (κ3) is 2.32. The summed E-state index contributed by atoms with van der Waals surface area (Å²) in [4.78, 5) is 4.26. The Morgan fingerprint density at radius 3 is 2.27 bits per heavy atom. The molecule has 0 N–H and O–H groups in total. The van der Waals surface area contributed by atoms with Crippen molar-refractivity contribution in [3.8, 4) is 9.75 Å². The normalized spacial score (nSPS) is 12.0. The van der Waals surface area contributed by atoms with E-state index in [1.54, 1.807) is 0 Å². The molecular weight excluding hydrogens is 220 g/mol. The number of thiophene rings is 2. The lowest BCUT2D eigenvalue weighted by atomic mass is 9.95. The topological polar surface area (TPSA) is 0 Å². The molecule has 0 aliphatic heterocycles. The molecule has 80 valence electrons. The minimum atomic E-state index is 0.273. The fourth-order valence-corrected chi connectivity index (χ4v) is 3.50. The van der Waals surface area contributed by atoms with E-state index in [0.29, 0.717) is 0 Å². The predicted molar refractivity (Wildman–Crippen MR) is 71.1 cm³/mol. The lowest BCUT2D eigenvalue weighted by molar-refractivity contribution is 0.604. The fraction of sp³-hybridized carbons (Fsp3) is 0.385. The maximum Gasteiger partial charge on any atom is 0.0445 e. The molecule has 0 aliphatic rings. The Labute approximate surface area is 99.6 Å². The van der Waals surface area contributed by atoms with Crippen LogP contribution in [0.4, 0.5) is 0 Å². The van der Waals surface area contributed by atoms with Crippen LogP contribution in [0.5, 0.6) is 0 Å². The van der Waals surface area contributed by atoms with Gasteiger partial charge in [-0.25, -0.2) is 0 Å². The summed E-state index contributed by atoms with van der Waals surface area (Å²) >= 11 is 3.75. The minimum absolute atomic E-state index is 0.273. The standard InChI is InChI=1S/C13H16S2/c1-9-7-11(14-8-9)10-5-6-12(15-10)13(2,3)4/h5-8H,1-4H3. The van der Waals surface area contributed by atoms with Crippen molar-refractivity contribution in [3.05, 3.63) is 34.0 Å². The second-order valence-electron chi connectivity index (χ2n) is 4.90. The molecule has 0 nitrogen and oxygen atoms in total. The summed E-state index contributed by atoms with van der Waals surface area (Å²) in [5.74, 6) is 0. The fourth-order valence-electron chi connectivity index (χ4n) is 1.43. The predicted octanol–water partition coefficient (Wildman–Crippen LogP) is 5.08. The molecule has 0 bridgehead atoms. The molecule has 0 saturated heterocycles. The van der Waals surface area contributed by atoms with Crippen molar-refractivity contribution in [3.63, 3.8) is 0 Å². The van der Waals surface area contributed by atoms with Crippen LogP contribution < -0.4 is 0 Å². The number of hydrogen-bond donors (Lipinski definition) is 0.